The molecule has 6 nitrogen and oxygen atoms in total. The summed E-state index contributed by atoms with van der Waals surface area (Å²) in [6.07, 6.45) is 5.01. The van der Waals surface area contributed by atoms with E-state index in [1.54, 1.807) is 48.8 Å². The van der Waals surface area contributed by atoms with E-state index in [9.17, 15) is 9.59 Å². The van der Waals surface area contributed by atoms with Gasteiger partial charge in [0.15, 0.2) is 5.17 Å². The second-order valence-electron chi connectivity index (χ2n) is 4.58. The molecular formula is C16H11N3O3S. The Balaban J connectivity index is 1.88. The summed E-state index contributed by atoms with van der Waals surface area (Å²) in [6, 6.07) is 9.96. The first-order valence-corrected chi connectivity index (χ1v) is 7.47. The molecule has 1 aromatic heterocycles. The Morgan fingerprint density at radius 1 is 1.22 bits per heavy atom. The predicted molar refractivity (Wildman–Crippen MR) is 88.4 cm³/mol. The van der Waals surface area contributed by atoms with Crippen LogP contribution in [0.1, 0.15) is 15.9 Å². The first-order chi connectivity index (χ1) is 11.1. The Kier molecular flexibility index (Phi) is 4.20. The Labute approximate surface area is 136 Å². The minimum Gasteiger partial charge on any atom is -0.478 e. The highest BCUT2D eigenvalue weighted by Crippen LogP contribution is 2.29. The Bertz CT molecular complexity index is 831. The van der Waals surface area contributed by atoms with Crippen LogP contribution < -0.4 is 5.32 Å². The Hall–Kier alpha value is -2.93. The van der Waals surface area contributed by atoms with Crippen molar-refractivity contribution in [2.24, 2.45) is 4.99 Å². The maximum absolute atomic E-state index is 12.0. The lowest BCUT2D eigenvalue weighted by atomic mass is 10.2. The number of amides is 1. The smallest absolute Gasteiger partial charge is 0.337 e. The van der Waals surface area contributed by atoms with Gasteiger partial charge in [0.25, 0.3) is 5.91 Å². The van der Waals surface area contributed by atoms with Gasteiger partial charge in [-0.2, -0.15) is 0 Å². The predicted octanol–water partition coefficient (Wildman–Crippen LogP) is 2.67. The minimum absolute atomic E-state index is 0.0846. The number of hydrogen-bond acceptors (Lipinski definition) is 5. The van der Waals surface area contributed by atoms with Crippen molar-refractivity contribution < 1.29 is 14.7 Å². The fourth-order valence-electron chi connectivity index (χ4n) is 1.95. The second kappa shape index (κ2) is 6.45. The van der Waals surface area contributed by atoms with E-state index in [2.05, 4.69) is 15.3 Å². The van der Waals surface area contributed by atoms with E-state index in [1.165, 1.54) is 17.8 Å². The van der Waals surface area contributed by atoms with E-state index < -0.39 is 5.97 Å². The lowest BCUT2D eigenvalue weighted by Gasteiger charge is -2.00. The normalized spacial score (nSPS) is 17.5. The van der Waals surface area contributed by atoms with Crippen molar-refractivity contribution in [3.8, 4) is 0 Å². The number of benzene rings is 1. The van der Waals surface area contributed by atoms with Crippen molar-refractivity contribution in [2.45, 2.75) is 0 Å². The zero-order valence-corrected chi connectivity index (χ0v) is 12.6. The summed E-state index contributed by atoms with van der Waals surface area (Å²) < 4.78 is 0. The van der Waals surface area contributed by atoms with Crippen molar-refractivity contribution in [2.75, 3.05) is 0 Å². The van der Waals surface area contributed by atoms with Crippen molar-refractivity contribution in [1.29, 1.82) is 0 Å². The van der Waals surface area contributed by atoms with Crippen LogP contribution >= 0.6 is 11.8 Å². The number of amidine groups is 1. The number of carbonyl (C=O) groups is 2. The SMILES string of the molecule is O=C1NC(=Nc2ccccc2C(=O)O)S/C1=C\c1ccncc1. The molecule has 1 saturated heterocycles. The number of rotatable bonds is 3. The summed E-state index contributed by atoms with van der Waals surface area (Å²) in [6.45, 7) is 0. The standard InChI is InChI=1S/C16H11N3O3S/c20-14-13(9-10-5-7-17-8-6-10)23-16(19-14)18-12-4-2-1-3-11(12)15(21)22/h1-9H,(H,21,22)(H,18,19,20)/b13-9-. The van der Waals surface area contributed by atoms with Gasteiger partial charge in [-0.05, 0) is 47.7 Å². The largest absolute Gasteiger partial charge is 0.478 e. The molecule has 0 radical (unpaired) electrons. The van der Waals surface area contributed by atoms with Crippen molar-refractivity contribution >= 4 is 40.6 Å². The van der Waals surface area contributed by atoms with Crippen LogP contribution in [0.2, 0.25) is 0 Å². The van der Waals surface area contributed by atoms with Crippen LogP contribution in [0.15, 0.2) is 58.7 Å². The van der Waals surface area contributed by atoms with E-state index in [1.807, 2.05) is 0 Å². The molecule has 0 saturated carbocycles. The number of carbonyl (C=O) groups excluding carboxylic acids is 1. The number of aromatic carboxylic acids is 1. The van der Waals surface area contributed by atoms with Gasteiger partial charge in [0.1, 0.15) is 0 Å². The third-order valence-corrected chi connectivity index (χ3v) is 3.92. The molecule has 2 aromatic rings. The highest BCUT2D eigenvalue weighted by atomic mass is 32.2. The van der Waals surface area contributed by atoms with E-state index in [0.717, 1.165) is 5.56 Å². The average Bonchev–Trinajstić information content (AvgIpc) is 2.88. The number of nitrogens with one attached hydrogen (secondary N) is 1. The van der Waals surface area contributed by atoms with E-state index in [-0.39, 0.29) is 11.5 Å². The van der Waals surface area contributed by atoms with Crippen LogP contribution in [-0.2, 0) is 4.79 Å². The van der Waals surface area contributed by atoms with Gasteiger partial charge in [0.05, 0.1) is 16.2 Å². The van der Waals surface area contributed by atoms with Gasteiger partial charge in [-0.15, -0.1) is 0 Å². The molecule has 0 unspecified atom stereocenters. The molecule has 1 amide bonds. The highest BCUT2D eigenvalue weighted by Gasteiger charge is 2.24. The number of para-hydroxylation sites is 1. The molecule has 0 aliphatic carbocycles. The van der Waals surface area contributed by atoms with Crippen molar-refractivity contribution in [3.05, 3.63) is 64.8 Å². The molecule has 0 atom stereocenters. The topological polar surface area (TPSA) is 91.7 Å². The number of aliphatic imine (C=N–C) groups is 1. The first kappa shape index (κ1) is 15.0. The first-order valence-electron chi connectivity index (χ1n) is 6.65. The molecule has 2 N–H and O–H groups in total. The summed E-state index contributed by atoms with van der Waals surface area (Å²) in [5.41, 5.74) is 1.24. The molecule has 0 bridgehead atoms. The molecule has 3 rings (SSSR count). The molecule has 7 heteroatoms. The van der Waals surface area contributed by atoms with E-state index >= 15 is 0 Å². The number of nitrogens with zero attached hydrogens (tertiary/aromatic N) is 2. The van der Waals surface area contributed by atoms with Gasteiger partial charge >= 0.3 is 5.97 Å². The maximum atomic E-state index is 12.0. The zero-order chi connectivity index (χ0) is 16.2. The number of hydrogen-bond donors (Lipinski definition) is 2. The Morgan fingerprint density at radius 3 is 2.70 bits per heavy atom. The van der Waals surface area contributed by atoms with Gasteiger partial charge in [-0.1, -0.05) is 12.1 Å². The maximum Gasteiger partial charge on any atom is 0.337 e. The summed E-state index contributed by atoms with van der Waals surface area (Å²) in [7, 11) is 0. The fraction of sp³-hybridized carbons (Fsp3) is 0. The Morgan fingerprint density at radius 2 is 1.96 bits per heavy atom. The van der Waals surface area contributed by atoms with Crippen LogP contribution in [0.25, 0.3) is 6.08 Å². The number of thioether (sulfide) groups is 1. The van der Waals surface area contributed by atoms with E-state index in [4.69, 9.17) is 5.11 Å². The molecule has 1 fully saturated rings. The molecule has 1 aliphatic heterocycles. The molecular weight excluding hydrogens is 314 g/mol. The third-order valence-electron chi connectivity index (χ3n) is 3.01. The lowest BCUT2D eigenvalue weighted by molar-refractivity contribution is -0.115. The molecule has 23 heavy (non-hydrogen) atoms. The number of carboxylic acids is 1. The molecule has 2 heterocycles. The van der Waals surface area contributed by atoms with Gasteiger partial charge in [-0.3, -0.25) is 9.78 Å². The molecule has 1 aliphatic rings. The highest BCUT2D eigenvalue weighted by molar-refractivity contribution is 8.18. The molecule has 114 valence electrons. The van der Waals surface area contributed by atoms with Gasteiger partial charge in [0, 0.05) is 12.4 Å². The molecule has 1 aromatic carbocycles. The van der Waals surface area contributed by atoms with Crippen molar-refractivity contribution in [1.82, 2.24) is 10.3 Å². The molecule has 0 spiro atoms. The quantitative estimate of drug-likeness (QED) is 0.847. The zero-order valence-electron chi connectivity index (χ0n) is 11.8. The summed E-state index contributed by atoms with van der Waals surface area (Å²) in [5.74, 6) is -1.33. The fourth-order valence-corrected chi connectivity index (χ4v) is 2.79. The summed E-state index contributed by atoms with van der Waals surface area (Å²) >= 11 is 1.17. The number of carboxylic acid groups (broad SMARTS) is 1. The van der Waals surface area contributed by atoms with Gasteiger partial charge in [-0.25, -0.2) is 9.79 Å². The van der Waals surface area contributed by atoms with Crippen LogP contribution in [0, 0.1) is 0 Å². The summed E-state index contributed by atoms with van der Waals surface area (Å²) in [5, 5.41) is 12.1. The van der Waals surface area contributed by atoms with Gasteiger partial charge < -0.3 is 10.4 Å². The van der Waals surface area contributed by atoms with Crippen LogP contribution in [0.3, 0.4) is 0 Å². The average molecular weight is 325 g/mol. The summed E-state index contributed by atoms with van der Waals surface area (Å²) in [4.78, 5) is 31.8. The van der Waals surface area contributed by atoms with E-state index in [0.29, 0.717) is 15.8 Å². The van der Waals surface area contributed by atoms with Crippen LogP contribution in [0.4, 0.5) is 5.69 Å². The van der Waals surface area contributed by atoms with Gasteiger partial charge in [0.2, 0.25) is 0 Å². The third kappa shape index (κ3) is 3.46. The van der Waals surface area contributed by atoms with Crippen LogP contribution in [0.5, 0.6) is 0 Å². The number of pyridine rings is 1. The van der Waals surface area contributed by atoms with Crippen molar-refractivity contribution in [3.63, 3.8) is 0 Å². The minimum atomic E-state index is -1.06. The number of aromatic nitrogens is 1. The second-order valence-corrected chi connectivity index (χ2v) is 5.62. The lowest BCUT2D eigenvalue weighted by Crippen LogP contribution is -2.19. The van der Waals surface area contributed by atoms with Crippen LogP contribution in [-0.4, -0.2) is 27.1 Å². The monoisotopic (exact) mass is 325 g/mol.